The molecule has 0 saturated carbocycles. The van der Waals surface area contributed by atoms with E-state index in [2.05, 4.69) is 63.1 Å². The first-order valence-electron chi connectivity index (χ1n) is 33.2. The number of aliphatic hydroxyl groups excluding tert-OH is 2. The van der Waals surface area contributed by atoms with Crippen molar-refractivity contribution in [2.75, 3.05) is 32.8 Å². The van der Waals surface area contributed by atoms with Crippen LogP contribution in [-0.4, -0.2) is 207 Å². The fourth-order valence-corrected chi connectivity index (χ4v) is 11.1. The molecule has 21 N–H and O–H groups in total. The summed E-state index contributed by atoms with van der Waals surface area (Å²) in [5.74, 6) is -11.9. The van der Waals surface area contributed by atoms with E-state index in [0.717, 1.165) is 16.5 Å². The molecule has 32 nitrogen and oxygen atoms in total. The second kappa shape index (κ2) is 39.0. The van der Waals surface area contributed by atoms with Crippen LogP contribution in [0.5, 0.6) is 5.75 Å². The number of likely N-dealkylation sites (tertiary alicyclic amines) is 1. The number of carboxylic acids is 1. The number of para-hydroxylation sites is 1. The van der Waals surface area contributed by atoms with E-state index in [1.54, 1.807) is 50.4 Å². The number of nitrogens with zero attached hydrogens (tertiary/aromatic N) is 2. The number of hydrogen-bond acceptors (Lipinski definition) is 17. The van der Waals surface area contributed by atoms with Gasteiger partial charge in [-0.25, -0.2) is 0 Å². The van der Waals surface area contributed by atoms with Crippen LogP contribution in [0.15, 0.2) is 120 Å². The lowest BCUT2D eigenvalue weighted by Crippen LogP contribution is -2.62. The number of aliphatic carboxylic acids is 1. The van der Waals surface area contributed by atoms with E-state index in [-0.39, 0.29) is 69.7 Å². The maximum absolute atomic E-state index is 14.8. The molecule has 11 amide bonds. The van der Waals surface area contributed by atoms with Gasteiger partial charge < -0.3 is 101 Å². The molecule has 4 aromatic carbocycles. The van der Waals surface area contributed by atoms with Gasteiger partial charge >= 0.3 is 5.97 Å². The molecule has 101 heavy (non-hydrogen) atoms. The van der Waals surface area contributed by atoms with Crippen LogP contribution >= 0.6 is 0 Å². The minimum atomic E-state index is -1.80. The van der Waals surface area contributed by atoms with Gasteiger partial charge in [0, 0.05) is 49.5 Å². The zero-order valence-electron chi connectivity index (χ0n) is 56.6. The van der Waals surface area contributed by atoms with Crippen LogP contribution in [0.3, 0.4) is 0 Å². The van der Waals surface area contributed by atoms with Gasteiger partial charge in [-0.2, -0.15) is 0 Å². The lowest BCUT2D eigenvalue weighted by molar-refractivity contribution is -0.142. The molecule has 1 saturated heterocycles. The summed E-state index contributed by atoms with van der Waals surface area (Å²) in [5.41, 5.74) is 20.8. The third-order valence-electron chi connectivity index (χ3n) is 17.0. The number of nitrogens with one attached hydrogen (secondary N) is 11. The van der Waals surface area contributed by atoms with Gasteiger partial charge in [-0.05, 0) is 92.3 Å². The lowest BCUT2D eigenvalue weighted by Gasteiger charge is -2.30. The molecule has 1 aromatic heterocycles. The third-order valence-corrected chi connectivity index (χ3v) is 17.0. The highest BCUT2D eigenvalue weighted by molar-refractivity contribution is 6.00. The SMILES string of the molecule is CC[C@H](C)[C@H](NC(=O)[C@H](Cc1c[nH]c2ccccc12)NC(=O)[C@@H](N)Cc1ccccc1)C(=O)N[C@@H](Cc1ccccc1)C(=O)N[C@@H](CO)C(=O)N[C@@H](CCCN=C(N)N)C(=O)N[C@@H](Cc1ccc(O)cc1)C(=O)N1CCC[C@H]1C(=O)NCC(=O)N[C@@H](C)C(=O)N[C@@H](CO)C(=O)N[C@@H](C)C(=O)O. The number of benzene rings is 4. The van der Waals surface area contributed by atoms with Crippen molar-refractivity contribution in [3.8, 4) is 5.75 Å². The highest BCUT2D eigenvalue weighted by Crippen LogP contribution is 2.23. The summed E-state index contributed by atoms with van der Waals surface area (Å²) in [4.78, 5) is 174. The number of amides is 11. The van der Waals surface area contributed by atoms with E-state index in [9.17, 15) is 72.9 Å². The first-order chi connectivity index (χ1) is 48.2. The number of phenolic OH excluding ortho intramolecular Hbond substituents is 1. The van der Waals surface area contributed by atoms with Gasteiger partial charge in [0.2, 0.25) is 65.0 Å². The number of carboxylic acid groups (broad SMARTS) is 1. The number of guanidine groups is 1. The second-order valence-electron chi connectivity index (χ2n) is 24.7. The predicted molar refractivity (Wildman–Crippen MR) is 370 cm³/mol. The maximum Gasteiger partial charge on any atom is 0.325 e. The molecular weight excluding hydrogens is 1310 g/mol. The predicted octanol–water partition coefficient (Wildman–Crippen LogP) is -2.85. The monoisotopic (exact) mass is 1400 g/mol. The van der Waals surface area contributed by atoms with E-state index in [1.807, 2.05) is 54.6 Å². The van der Waals surface area contributed by atoms with Crippen molar-refractivity contribution in [3.63, 3.8) is 0 Å². The molecule has 32 heteroatoms. The Hall–Kier alpha value is -11.0. The molecule has 0 unspecified atom stereocenters. The molecule has 6 rings (SSSR count). The minimum Gasteiger partial charge on any atom is -0.508 e. The zero-order valence-corrected chi connectivity index (χ0v) is 56.6. The Morgan fingerprint density at radius 1 is 0.574 bits per heavy atom. The van der Waals surface area contributed by atoms with E-state index >= 15 is 0 Å². The van der Waals surface area contributed by atoms with Crippen molar-refractivity contribution in [1.29, 1.82) is 0 Å². The van der Waals surface area contributed by atoms with Gasteiger partial charge in [-0.1, -0.05) is 111 Å². The van der Waals surface area contributed by atoms with E-state index < -0.39 is 163 Å². The number of carbonyl (C=O) groups is 12. The summed E-state index contributed by atoms with van der Waals surface area (Å²) in [6.45, 7) is 3.21. The number of H-pyrrole nitrogens is 1. The van der Waals surface area contributed by atoms with Gasteiger partial charge in [0.1, 0.15) is 66.2 Å². The molecule has 1 aliphatic heterocycles. The number of nitrogens with two attached hydrogens (primary N) is 3. The van der Waals surface area contributed by atoms with Crippen molar-refractivity contribution in [3.05, 3.63) is 138 Å². The van der Waals surface area contributed by atoms with Crippen molar-refractivity contribution in [2.24, 2.45) is 28.1 Å². The van der Waals surface area contributed by atoms with Crippen LogP contribution in [0.4, 0.5) is 0 Å². The van der Waals surface area contributed by atoms with Crippen LogP contribution in [0.2, 0.25) is 0 Å². The quantitative estimate of drug-likeness (QED) is 0.0107. The summed E-state index contributed by atoms with van der Waals surface area (Å²) in [5, 5.41) is 65.8. The van der Waals surface area contributed by atoms with Crippen LogP contribution in [0, 0.1) is 5.92 Å². The summed E-state index contributed by atoms with van der Waals surface area (Å²) in [6.07, 6.45) is 2.04. The molecule has 0 bridgehead atoms. The molecule has 0 aliphatic carbocycles. The molecule has 544 valence electrons. The normalized spacial score (nSPS) is 15.9. The Labute approximate surface area is 582 Å². The van der Waals surface area contributed by atoms with Crippen molar-refractivity contribution < 1.29 is 78.0 Å². The summed E-state index contributed by atoms with van der Waals surface area (Å²) >= 11 is 0. The van der Waals surface area contributed by atoms with Crippen LogP contribution in [0.1, 0.15) is 82.1 Å². The minimum absolute atomic E-state index is 0.000416. The van der Waals surface area contributed by atoms with Gasteiger partial charge in [0.25, 0.3) is 0 Å². The van der Waals surface area contributed by atoms with E-state index in [4.69, 9.17) is 22.3 Å². The number of aromatic nitrogens is 1. The summed E-state index contributed by atoms with van der Waals surface area (Å²) in [6, 6.07) is 15.2. The Morgan fingerprint density at radius 3 is 1.71 bits per heavy atom. The van der Waals surface area contributed by atoms with E-state index in [1.165, 1.54) is 43.0 Å². The first-order valence-corrected chi connectivity index (χ1v) is 33.2. The Kier molecular flexibility index (Phi) is 30.5. The molecule has 5 aromatic rings. The van der Waals surface area contributed by atoms with Gasteiger partial charge in [0.15, 0.2) is 5.96 Å². The lowest BCUT2D eigenvalue weighted by atomic mass is 9.96. The van der Waals surface area contributed by atoms with Gasteiger partial charge in [-0.15, -0.1) is 0 Å². The topological polar surface area (TPSA) is 516 Å². The molecule has 12 atom stereocenters. The summed E-state index contributed by atoms with van der Waals surface area (Å²) in [7, 11) is 0. The van der Waals surface area contributed by atoms with Gasteiger partial charge in [-0.3, -0.25) is 62.5 Å². The fourth-order valence-electron chi connectivity index (χ4n) is 11.1. The standard InChI is InChI=1S/C69H92N16O16/c1-5-38(2)57(84-62(94)51(33-44-34-74-48-21-13-12-20-46(44)48)79-59(91)47(70)30-41-16-8-6-9-17-41)66(98)80-50(31-42-18-10-7-11-19-42)61(93)83-54(37-87)64(96)78-49(22-14-28-73-69(71)72)60(92)81-52(32-43-24-26-45(88)27-25-43)67(99)85-29-15-23-55(85)65(97)75-35-56(89)76-39(3)58(90)82-53(36-86)63(95)77-40(4)68(100)101/h6-13,16-21,24-27,34,38-40,47,49-55,57,74,86-88H,5,14-15,22-23,28-33,35-37,70H2,1-4H3,(H,75,97)(H,76,89)(H,77,95)(H,78,96)(H,79,91)(H,80,98)(H,81,92)(H,82,90)(H,83,93)(H,84,94)(H,100,101)(H4,71,72,73)/t38-,39-,40-,47-,49-,50-,51-,52-,53-,54-,55-,57-/m0/s1. The number of rotatable bonds is 38. The van der Waals surface area contributed by atoms with Crippen LogP contribution < -0.4 is 70.4 Å². The van der Waals surface area contributed by atoms with E-state index in [0.29, 0.717) is 29.5 Å². The number of aromatic amines is 1. The number of aliphatic hydroxyl groups is 2. The number of fused-ring (bicyclic) bond motifs is 1. The largest absolute Gasteiger partial charge is 0.508 e. The van der Waals surface area contributed by atoms with Crippen molar-refractivity contribution in [2.45, 2.75) is 152 Å². The molecule has 1 aliphatic rings. The molecular formula is C69H92N16O16. The van der Waals surface area contributed by atoms with Crippen molar-refractivity contribution >= 4 is 87.8 Å². The summed E-state index contributed by atoms with van der Waals surface area (Å²) < 4.78 is 0. The molecule has 0 radical (unpaired) electrons. The number of aliphatic imine (C=N–C) groups is 1. The van der Waals surface area contributed by atoms with Crippen LogP contribution in [-0.2, 0) is 83.2 Å². The Morgan fingerprint density at radius 2 is 1.09 bits per heavy atom. The average molecular weight is 1400 g/mol. The number of carbonyl (C=O) groups excluding carboxylic acids is 11. The molecule has 0 spiro atoms. The number of hydrogen-bond donors (Lipinski definition) is 18. The molecule has 1 fully saturated rings. The second-order valence-corrected chi connectivity index (χ2v) is 24.7. The highest BCUT2D eigenvalue weighted by Gasteiger charge is 2.40. The first kappa shape index (κ1) is 79.0. The van der Waals surface area contributed by atoms with Crippen molar-refractivity contribution in [1.82, 2.24) is 63.1 Å². The average Bonchev–Trinajstić information content (AvgIpc) is 1.79. The Balaban J connectivity index is 1.18. The highest BCUT2D eigenvalue weighted by atomic mass is 16.4. The Bertz CT molecular complexity index is 3710. The fraction of sp³-hybridized carbons (Fsp3) is 0.435. The third kappa shape index (κ3) is 24.2. The van der Waals surface area contributed by atoms with Crippen LogP contribution in [0.25, 0.3) is 10.9 Å². The smallest absolute Gasteiger partial charge is 0.325 e. The maximum atomic E-state index is 14.8. The number of aromatic hydroxyl groups is 1. The molecule has 2 heterocycles. The van der Waals surface area contributed by atoms with Gasteiger partial charge in [0.05, 0.1) is 25.8 Å². The number of phenols is 1. The zero-order chi connectivity index (χ0) is 73.9.